The van der Waals surface area contributed by atoms with Crippen LogP contribution in [0.15, 0.2) is 28.7 Å². The number of anilines is 1. The average molecular weight is 351 g/mol. The standard InChI is InChI=1S/C15H19BrN4O/c1-4-13-18-14(20-17)8-15(19-13)21-12-6-5-10(16)7-11(12)9(2)3/h5-9H,4,17H2,1-3H3,(H,18,19,20). The lowest BCUT2D eigenvalue weighted by molar-refractivity contribution is 0.451. The van der Waals surface area contributed by atoms with Gasteiger partial charge in [-0.15, -0.1) is 0 Å². The van der Waals surface area contributed by atoms with Crippen molar-refractivity contribution in [2.24, 2.45) is 5.84 Å². The highest BCUT2D eigenvalue weighted by atomic mass is 79.9. The number of aromatic nitrogens is 2. The summed E-state index contributed by atoms with van der Waals surface area (Å²) in [6.07, 6.45) is 0.712. The molecular weight excluding hydrogens is 332 g/mol. The Morgan fingerprint density at radius 1 is 1.29 bits per heavy atom. The van der Waals surface area contributed by atoms with Crippen LogP contribution in [-0.2, 0) is 6.42 Å². The van der Waals surface area contributed by atoms with E-state index in [0.717, 1.165) is 15.8 Å². The van der Waals surface area contributed by atoms with Crippen LogP contribution in [0.25, 0.3) is 0 Å². The zero-order valence-electron chi connectivity index (χ0n) is 12.4. The van der Waals surface area contributed by atoms with Crippen LogP contribution in [0.3, 0.4) is 0 Å². The minimum absolute atomic E-state index is 0.345. The number of rotatable bonds is 5. The quantitative estimate of drug-likeness (QED) is 0.629. The van der Waals surface area contributed by atoms with Gasteiger partial charge in [0.25, 0.3) is 0 Å². The highest BCUT2D eigenvalue weighted by molar-refractivity contribution is 9.10. The fourth-order valence-corrected chi connectivity index (χ4v) is 2.31. The zero-order chi connectivity index (χ0) is 15.4. The normalized spacial score (nSPS) is 10.8. The molecule has 112 valence electrons. The van der Waals surface area contributed by atoms with Gasteiger partial charge in [0.2, 0.25) is 5.88 Å². The molecule has 0 saturated carbocycles. The van der Waals surface area contributed by atoms with E-state index in [1.165, 1.54) is 0 Å². The molecule has 0 saturated heterocycles. The molecule has 1 heterocycles. The van der Waals surface area contributed by atoms with Crippen LogP contribution < -0.4 is 16.0 Å². The number of ether oxygens (including phenoxy) is 1. The summed E-state index contributed by atoms with van der Waals surface area (Å²) in [7, 11) is 0. The summed E-state index contributed by atoms with van der Waals surface area (Å²) in [6, 6.07) is 7.63. The fourth-order valence-electron chi connectivity index (χ4n) is 1.93. The highest BCUT2D eigenvalue weighted by Gasteiger charge is 2.11. The van der Waals surface area contributed by atoms with E-state index in [1.54, 1.807) is 6.07 Å². The van der Waals surface area contributed by atoms with Crippen molar-refractivity contribution in [1.29, 1.82) is 0 Å². The number of benzene rings is 1. The fraction of sp³-hybridized carbons (Fsp3) is 0.333. The zero-order valence-corrected chi connectivity index (χ0v) is 13.9. The molecule has 0 unspecified atom stereocenters. The summed E-state index contributed by atoms with van der Waals surface area (Å²) in [5.41, 5.74) is 3.65. The Bertz CT molecular complexity index is 609. The van der Waals surface area contributed by atoms with Gasteiger partial charge in [-0.25, -0.2) is 10.8 Å². The van der Waals surface area contributed by atoms with Gasteiger partial charge < -0.3 is 10.2 Å². The summed E-state index contributed by atoms with van der Waals surface area (Å²) >= 11 is 3.49. The Morgan fingerprint density at radius 3 is 2.67 bits per heavy atom. The molecule has 0 amide bonds. The number of hydrogen-bond donors (Lipinski definition) is 2. The number of hydrogen-bond acceptors (Lipinski definition) is 5. The SMILES string of the molecule is CCc1nc(NN)cc(Oc2ccc(Br)cc2C(C)C)n1. The van der Waals surface area contributed by atoms with Gasteiger partial charge in [0.15, 0.2) is 0 Å². The predicted octanol–water partition coefficient (Wildman–Crippen LogP) is 4.00. The first-order chi connectivity index (χ1) is 10.0. The van der Waals surface area contributed by atoms with Gasteiger partial charge in [-0.3, -0.25) is 0 Å². The average Bonchev–Trinajstić information content (AvgIpc) is 2.48. The van der Waals surface area contributed by atoms with E-state index in [4.69, 9.17) is 10.6 Å². The topological polar surface area (TPSA) is 73.1 Å². The molecule has 0 bridgehead atoms. The molecule has 6 heteroatoms. The van der Waals surface area contributed by atoms with Crippen molar-refractivity contribution in [3.63, 3.8) is 0 Å². The summed E-state index contributed by atoms with van der Waals surface area (Å²) in [4.78, 5) is 8.63. The van der Waals surface area contributed by atoms with Crippen LogP contribution in [0.1, 0.15) is 38.1 Å². The largest absolute Gasteiger partial charge is 0.439 e. The molecule has 0 fully saturated rings. The van der Waals surface area contributed by atoms with E-state index in [0.29, 0.717) is 29.9 Å². The van der Waals surface area contributed by atoms with Crippen molar-refractivity contribution < 1.29 is 4.74 Å². The van der Waals surface area contributed by atoms with E-state index in [2.05, 4.69) is 51.2 Å². The molecule has 0 spiro atoms. The Balaban J connectivity index is 2.38. The molecular formula is C15H19BrN4O. The Morgan fingerprint density at radius 2 is 2.05 bits per heavy atom. The molecule has 0 radical (unpaired) electrons. The van der Waals surface area contributed by atoms with Crippen LogP contribution >= 0.6 is 15.9 Å². The lowest BCUT2D eigenvalue weighted by atomic mass is 10.0. The van der Waals surface area contributed by atoms with E-state index in [1.807, 2.05) is 19.1 Å². The number of nitrogens with zero attached hydrogens (tertiary/aromatic N) is 2. The van der Waals surface area contributed by atoms with Crippen molar-refractivity contribution in [2.75, 3.05) is 5.43 Å². The maximum Gasteiger partial charge on any atom is 0.224 e. The molecule has 2 rings (SSSR count). The number of halogens is 1. The maximum absolute atomic E-state index is 5.94. The third-order valence-corrected chi connectivity index (χ3v) is 3.51. The van der Waals surface area contributed by atoms with Crippen LogP contribution in [0.4, 0.5) is 5.82 Å². The first-order valence-corrected chi connectivity index (χ1v) is 7.64. The molecule has 3 N–H and O–H groups in total. The van der Waals surface area contributed by atoms with E-state index in [9.17, 15) is 0 Å². The first kappa shape index (κ1) is 15.7. The minimum atomic E-state index is 0.345. The molecule has 1 aromatic heterocycles. The molecule has 2 aromatic rings. The summed E-state index contributed by atoms with van der Waals surface area (Å²) in [6.45, 7) is 6.23. The molecule has 0 aliphatic heterocycles. The number of hydrazine groups is 1. The highest BCUT2D eigenvalue weighted by Crippen LogP contribution is 2.32. The summed E-state index contributed by atoms with van der Waals surface area (Å²) in [5, 5.41) is 0. The molecule has 0 aliphatic rings. The van der Waals surface area contributed by atoms with Gasteiger partial charge in [-0.1, -0.05) is 36.7 Å². The van der Waals surface area contributed by atoms with Crippen LogP contribution in [0, 0.1) is 0 Å². The van der Waals surface area contributed by atoms with Crippen LogP contribution in [0.5, 0.6) is 11.6 Å². The monoisotopic (exact) mass is 350 g/mol. The van der Waals surface area contributed by atoms with Crippen LogP contribution in [-0.4, -0.2) is 9.97 Å². The van der Waals surface area contributed by atoms with E-state index >= 15 is 0 Å². The Hall–Kier alpha value is -1.66. The summed E-state index contributed by atoms with van der Waals surface area (Å²) < 4.78 is 6.97. The lowest BCUT2D eigenvalue weighted by Crippen LogP contribution is -2.10. The van der Waals surface area contributed by atoms with Crippen molar-refractivity contribution >= 4 is 21.7 Å². The predicted molar refractivity (Wildman–Crippen MR) is 87.5 cm³/mol. The van der Waals surface area contributed by atoms with Crippen molar-refractivity contribution in [3.8, 4) is 11.6 Å². The number of aryl methyl sites for hydroxylation is 1. The van der Waals surface area contributed by atoms with E-state index in [-0.39, 0.29) is 0 Å². The molecule has 0 aliphatic carbocycles. The number of nitrogens with one attached hydrogen (secondary N) is 1. The molecule has 21 heavy (non-hydrogen) atoms. The molecule has 1 aromatic carbocycles. The van der Waals surface area contributed by atoms with Crippen LogP contribution in [0.2, 0.25) is 0 Å². The van der Waals surface area contributed by atoms with Gasteiger partial charge in [-0.05, 0) is 29.7 Å². The van der Waals surface area contributed by atoms with Crippen molar-refractivity contribution in [3.05, 3.63) is 40.1 Å². The van der Waals surface area contributed by atoms with Gasteiger partial charge in [-0.2, -0.15) is 4.98 Å². The third kappa shape index (κ3) is 3.92. The number of nitrogens with two attached hydrogens (primary N) is 1. The maximum atomic E-state index is 5.94. The first-order valence-electron chi connectivity index (χ1n) is 6.85. The van der Waals surface area contributed by atoms with Crippen molar-refractivity contribution in [2.45, 2.75) is 33.1 Å². The number of nitrogen functional groups attached to an aromatic ring is 1. The molecule has 0 atom stereocenters. The minimum Gasteiger partial charge on any atom is -0.439 e. The second kappa shape index (κ2) is 6.87. The Labute approximate surface area is 133 Å². The lowest BCUT2D eigenvalue weighted by Gasteiger charge is -2.14. The second-order valence-corrected chi connectivity index (χ2v) is 5.86. The third-order valence-electron chi connectivity index (χ3n) is 3.02. The van der Waals surface area contributed by atoms with Gasteiger partial charge in [0.1, 0.15) is 17.4 Å². The van der Waals surface area contributed by atoms with E-state index < -0.39 is 0 Å². The Kier molecular flexibility index (Phi) is 5.14. The summed E-state index contributed by atoms with van der Waals surface area (Å²) in [5.74, 6) is 8.28. The van der Waals surface area contributed by atoms with Gasteiger partial charge >= 0.3 is 0 Å². The van der Waals surface area contributed by atoms with Gasteiger partial charge in [0.05, 0.1) is 0 Å². The second-order valence-electron chi connectivity index (χ2n) is 4.94. The molecule has 5 nitrogen and oxygen atoms in total. The van der Waals surface area contributed by atoms with Crippen molar-refractivity contribution in [1.82, 2.24) is 9.97 Å². The smallest absolute Gasteiger partial charge is 0.224 e. The van der Waals surface area contributed by atoms with Gasteiger partial charge in [0, 0.05) is 17.0 Å².